The van der Waals surface area contributed by atoms with Gasteiger partial charge in [0.05, 0.1) is 59.5 Å². The zero-order valence-corrected chi connectivity index (χ0v) is 18.8. The predicted octanol–water partition coefficient (Wildman–Crippen LogP) is 0.220. The molecule has 0 aliphatic rings. The van der Waals surface area contributed by atoms with Crippen LogP contribution in [0.25, 0.3) is 0 Å². The Labute approximate surface area is 185 Å². The van der Waals surface area contributed by atoms with Gasteiger partial charge in [0, 0.05) is 24.6 Å². The third-order valence-electron chi connectivity index (χ3n) is 2.91. The molecule has 4 N–H and O–H groups in total. The Bertz CT molecular complexity index is 409. The molecule has 0 saturated carbocycles. The van der Waals surface area contributed by atoms with Crippen molar-refractivity contribution >= 4 is 33.7 Å². The molecule has 0 aliphatic heterocycles. The zero-order chi connectivity index (χ0) is 22.1. The van der Waals surface area contributed by atoms with Gasteiger partial charge in [0.1, 0.15) is 13.2 Å². The van der Waals surface area contributed by atoms with Crippen LogP contribution in [0.1, 0.15) is 0 Å². The molecule has 0 spiro atoms. The van der Waals surface area contributed by atoms with Gasteiger partial charge in [-0.2, -0.15) is 0 Å². The smallest absolute Gasteiger partial charge is 0.407 e. The summed E-state index contributed by atoms with van der Waals surface area (Å²) in [6.45, 7) is 4.44. The summed E-state index contributed by atoms with van der Waals surface area (Å²) in [5, 5.41) is 11.0. The molecule has 0 bridgehead atoms. The fraction of sp³-hybridized carbons (Fsp3) is 0.882. The van der Waals surface area contributed by atoms with Crippen molar-refractivity contribution in [3.63, 3.8) is 0 Å². The molecule has 0 fully saturated rings. The van der Waals surface area contributed by atoms with Gasteiger partial charge in [-0.3, -0.25) is 0 Å². The molecule has 0 unspecified atom stereocenters. The van der Waals surface area contributed by atoms with Crippen molar-refractivity contribution in [2.75, 3.05) is 97.3 Å². The molecule has 30 heavy (non-hydrogen) atoms. The van der Waals surface area contributed by atoms with Crippen LogP contribution in [0.2, 0.25) is 0 Å². The van der Waals surface area contributed by atoms with Gasteiger partial charge >= 0.3 is 12.1 Å². The summed E-state index contributed by atoms with van der Waals surface area (Å²) in [6, 6.07) is 0. The van der Waals surface area contributed by atoms with Crippen molar-refractivity contribution in [3.8, 4) is 0 Å². The third kappa shape index (κ3) is 25.2. The Morgan fingerprint density at radius 2 is 1.20 bits per heavy atom. The number of carboxylic acid groups (broad SMARTS) is 1. The predicted molar refractivity (Wildman–Crippen MR) is 115 cm³/mol. The first-order chi connectivity index (χ1) is 14.7. The number of amides is 1. The zero-order valence-electron chi connectivity index (χ0n) is 17.2. The maximum absolute atomic E-state index is 11.4. The Hall–Kier alpha value is -0.800. The molecule has 0 rings (SSSR count). The normalized spacial score (nSPS) is 10.8. The van der Waals surface area contributed by atoms with Crippen molar-refractivity contribution in [2.24, 2.45) is 5.73 Å². The second-order valence-electron chi connectivity index (χ2n) is 5.39. The first-order valence-electron chi connectivity index (χ1n) is 9.62. The lowest BCUT2D eigenvalue weighted by atomic mass is 10.6. The van der Waals surface area contributed by atoms with Gasteiger partial charge in [-0.25, -0.2) is 9.59 Å². The van der Waals surface area contributed by atoms with Crippen molar-refractivity contribution in [2.45, 2.75) is 0 Å². The number of hydrogen-bond donors (Lipinski definition) is 3. The summed E-state index contributed by atoms with van der Waals surface area (Å²) in [6.07, 6.45) is -0.451. The second-order valence-corrected chi connectivity index (χ2v) is 8.09. The summed E-state index contributed by atoms with van der Waals surface area (Å²) in [7, 11) is 3.34. The topological polar surface area (TPSA) is 148 Å². The Morgan fingerprint density at radius 3 is 1.70 bits per heavy atom. The number of aliphatic carboxylic acids is 1. The Kier molecular flexibility index (Phi) is 23.8. The molecule has 0 aromatic carbocycles. The van der Waals surface area contributed by atoms with Crippen LogP contribution in [0, 0.1) is 0 Å². The van der Waals surface area contributed by atoms with Crippen LogP contribution in [0.4, 0.5) is 4.79 Å². The van der Waals surface area contributed by atoms with Crippen molar-refractivity contribution in [1.82, 2.24) is 5.32 Å². The van der Waals surface area contributed by atoms with Crippen LogP contribution >= 0.6 is 21.6 Å². The van der Waals surface area contributed by atoms with E-state index in [4.69, 9.17) is 39.3 Å². The molecule has 11 nitrogen and oxygen atoms in total. The van der Waals surface area contributed by atoms with E-state index in [2.05, 4.69) is 5.32 Å². The van der Waals surface area contributed by atoms with Gasteiger partial charge < -0.3 is 44.6 Å². The summed E-state index contributed by atoms with van der Waals surface area (Å²) < 4.78 is 30.9. The molecule has 0 aromatic rings. The quantitative estimate of drug-likeness (QED) is 0.137. The highest BCUT2D eigenvalue weighted by Gasteiger charge is 2.01. The monoisotopic (exact) mass is 474 g/mol. The van der Waals surface area contributed by atoms with E-state index in [1.165, 1.54) is 0 Å². The van der Waals surface area contributed by atoms with Gasteiger partial charge in [-0.15, -0.1) is 0 Å². The first-order valence-corrected chi connectivity index (χ1v) is 12.1. The molecule has 0 aromatic heterocycles. The number of nitrogens with two attached hydrogens (primary N) is 1. The van der Waals surface area contributed by atoms with E-state index in [0.717, 1.165) is 11.5 Å². The minimum Gasteiger partial charge on any atom is -0.480 e. The summed E-state index contributed by atoms with van der Waals surface area (Å²) in [5.41, 5.74) is 5.38. The number of carboxylic acids is 1. The summed E-state index contributed by atoms with van der Waals surface area (Å²) >= 11 is 0. The van der Waals surface area contributed by atoms with E-state index < -0.39 is 12.1 Å². The van der Waals surface area contributed by atoms with Gasteiger partial charge in [0.25, 0.3) is 0 Å². The standard InChI is InChI=1S/C17H34N2O9S2/c18-1-13-29-30-14-2-19-17(22)28-12-11-26-8-7-24-4-3-23-5-6-25-9-10-27-15-16(20)21/h1-15,18H2,(H,19,22)(H,20,21). The van der Waals surface area contributed by atoms with Crippen LogP contribution in [-0.2, 0) is 33.2 Å². The molecule has 0 radical (unpaired) electrons. The largest absolute Gasteiger partial charge is 0.480 e. The number of alkyl carbamates (subject to hydrolysis) is 1. The molecule has 0 atom stereocenters. The third-order valence-corrected chi connectivity index (χ3v) is 5.35. The first kappa shape index (κ1) is 29.2. The lowest BCUT2D eigenvalue weighted by Crippen LogP contribution is -2.27. The fourth-order valence-electron chi connectivity index (χ4n) is 1.64. The molecule has 0 saturated heterocycles. The molecule has 0 heterocycles. The van der Waals surface area contributed by atoms with Gasteiger partial charge in [0.2, 0.25) is 0 Å². The van der Waals surface area contributed by atoms with E-state index in [1.807, 2.05) is 0 Å². The number of hydrogen-bond acceptors (Lipinski definition) is 11. The maximum Gasteiger partial charge on any atom is 0.407 e. The van der Waals surface area contributed by atoms with Gasteiger partial charge in [-0.1, -0.05) is 21.6 Å². The van der Waals surface area contributed by atoms with Crippen LogP contribution in [0.15, 0.2) is 0 Å². The summed E-state index contributed by atoms with van der Waals surface area (Å²) in [5.74, 6) is 0.695. The SMILES string of the molecule is NCCSSCCNC(=O)OCCOCCOCCOCCOCCOCC(=O)O. The van der Waals surface area contributed by atoms with Crippen LogP contribution in [-0.4, -0.2) is 114 Å². The number of ether oxygens (including phenoxy) is 6. The van der Waals surface area contributed by atoms with Gasteiger partial charge in [-0.05, 0) is 0 Å². The lowest BCUT2D eigenvalue weighted by molar-refractivity contribution is -0.142. The Morgan fingerprint density at radius 1 is 0.733 bits per heavy atom. The fourth-order valence-corrected chi connectivity index (χ4v) is 3.41. The lowest BCUT2D eigenvalue weighted by Gasteiger charge is -2.08. The van der Waals surface area contributed by atoms with Crippen molar-refractivity contribution < 1.29 is 43.1 Å². The minimum atomic E-state index is -1.00. The van der Waals surface area contributed by atoms with Crippen molar-refractivity contribution in [3.05, 3.63) is 0 Å². The number of rotatable bonds is 23. The van der Waals surface area contributed by atoms with E-state index in [1.54, 1.807) is 21.6 Å². The number of carbonyl (C=O) groups excluding carboxylic acids is 1. The molecule has 0 aliphatic carbocycles. The van der Waals surface area contributed by atoms with Crippen LogP contribution in [0.5, 0.6) is 0 Å². The molecule has 178 valence electrons. The minimum absolute atomic E-state index is 0.186. The van der Waals surface area contributed by atoms with Crippen molar-refractivity contribution in [1.29, 1.82) is 0 Å². The Balaban J connectivity index is 3.12. The molecular formula is C17H34N2O9S2. The van der Waals surface area contributed by atoms with Crippen LogP contribution < -0.4 is 11.1 Å². The van der Waals surface area contributed by atoms with Gasteiger partial charge in [0.15, 0.2) is 0 Å². The van der Waals surface area contributed by atoms with E-state index in [0.29, 0.717) is 65.9 Å². The van der Waals surface area contributed by atoms with E-state index >= 15 is 0 Å². The highest BCUT2D eigenvalue weighted by atomic mass is 33.1. The average molecular weight is 475 g/mol. The molecule has 13 heteroatoms. The highest BCUT2D eigenvalue weighted by Crippen LogP contribution is 2.18. The average Bonchev–Trinajstić information content (AvgIpc) is 2.72. The maximum atomic E-state index is 11.4. The molecule has 1 amide bonds. The second kappa shape index (κ2) is 24.5. The number of nitrogens with one attached hydrogen (secondary N) is 1. The van der Waals surface area contributed by atoms with E-state index in [-0.39, 0.29) is 19.8 Å². The van der Waals surface area contributed by atoms with E-state index in [9.17, 15) is 9.59 Å². The summed E-state index contributed by atoms with van der Waals surface area (Å²) in [4.78, 5) is 21.6. The van der Waals surface area contributed by atoms with Crippen LogP contribution in [0.3, 0.4) is 0 Å². The highest BCUT2D eigenvalue weighted by molar-refractivity contribution is 8.76. The molecular weight excluding hydrogens is 440 g/mol. The number of carbonyl (C=O) groups is 2.